The van der Waals surface area contributed by atoms with Crippen molar-refractivity contribution in [3.8, 4) is 0 Å². The number of urea groups is 1. The quantitative estimate of drug-likeness (QED) is 0.604. The highest BCUT2D eigenvalue weighted by atomic mass is 16.4. The van der Waals surface area contributed by atoms with Crippen LogP contribution in [0.5, 0.6) is 0 Å². The molecule has 0 radical (unpaired) electrons. The second-order valence-electron chi connectivity index (χ2n) is 4.23. The molecular weight excluding hydrogens is 222 g/mol. The lowest BCUT2D eigenvalue weighted by molar-refractivity contribution is -0.143. The van der Waals surface area contributed by atoms with Crippen LogP contribution in [0.4, 0.5) is 4.79 Å². The van der Waals surface area contributed by atoms with Crippen molar-refractivity contribution in [2.24, 2.45) is 0 Å². The zero-order valence-electron chi connectivity index (χ0n) is 10.2. The summed E-state index contributed by atoms with van der Waals surface area (Å²) in [6.45, 7) is 1.94. The molecule has 3 N–H and O–H groups in total. The van der Waals surface area contributed by atoms with Crippen molar-refractivity contribution in [3.05, 3.63) is 0 Å². The number of carbonyl (C=O) groups is 2. The van der Waals surface area contributed by atoms with Crippen LogP contribution >= 0.6 is 0 Å². The highest BCUT2D eigenvalue weighted by molar-refractivity contribution is 5.82. The minimum atomic E-state index is -0.907. The lowest BCUT2D eigenvalue weighted by Gasteiger charge is -2.32. The molecule has 1 aliphatic rings. The molecule has 1 fully saturated rings. The third-order valence-electron chi connectivity index (χ3n) is 2.93. The zero-order chi connectivity index (χ0) is 12.7. The van der Waals surface area contributed by atoms with Crippen molar-refractivity contribution in [2.45, 2.75) is 31.7 Å². The lowest BCUT2D eigenvalue weighted by Crippen LogP contribution is -2.52. The maximum absolute atomic E-state index is 11.8. The predicted octanol–water partition coefficient (Wildman–Crippen LogP) is 0.245. The van der Waals surface area contributed by atoms with Crippen LogP contribution in [0, 0.1) is 0 Å². The van der Waals surface area contributed by atoms with E-state index in [1.807, 2.05) is 7.05 Å². The highest BCUT2D eigenvalue weighted by Crippen LogP contribution is 2.17. The molecule has 0 aromatic carbocycles. The summed E-state index contributed by atoms with van der Waals surface area (Å²) in [5.41, 5.74) is 0. The first-order valence-corrected chi connectivity index (χ1v) is 6.08. The fraction of sp³-hybridized carbons (Fsp3) is 0.818. The fourth-order valence-corrected chi connectivity index (χ4v) is 1.99. The topological polar surface area (TPSA) is 81.7 Å². The number of nitrogens with zero attached hydrogens (tertiary/aromatic N) is 1. The van der Waals surface area contributed by atoms with Gasteiger partial charge in [0.2, 0.25) is 0 Å². The SMILES string of the molecule is CNCCCNC(=O)N1CCCCC1C(=O)O. The second kappa shape index (κ2) is 7.11. The molecule has 1 aliphatic heterocycles. The number of likely N-dealkylation sites (tertiary alicyclic amines) is 1. The van der Waals surface area contributed by atoms with Crippen molar-refractivity contribution in [2.75, 3.05) is 26.7 Å². The third-order valence-corrected chi connectivity index (χ3v) is 2.93. The highest BCUT2D eigenvalue weighted by Gasteiger charge is 2.31. The number of hydrogen-bond donors (Lipinski definition) is 3. The summed E-state index contributed by atoms with van der Waals surface area (Å²) in [6, 6.07) is -0.916. The van der Waals surface area contributed by atoms with E-state index in [-0.39, 0.29) is 6.03 Å². The van der Waals surface area contributed by atoms with Crippen molar-refractivity contribution in [3.63, 3.8) is 0 Å². The average Bonchev–Trinajstić information content (AvgIpc) is 2.34. The van der Waals surface area contributed by atoms with Crippen LogP contribution in [0.3, 0.4) is 0 Å². The molecule has 2 amide bonds. The van der Waals surface area contributed by atoms with Crippen LogP contribution in [0.25, 0.3) is 0 Å². The number of amides is 2. The first-order chi connectivity index (χ1) is 8.16. The number of carboxylic acids is 1. The van der Waals surface area contributed by atoms with Gasteiger partial charge in [0.05, 0.1) is 0 Å². The molecule has 0 spiro atoms. The summed E-state index contributed by atoms with van der Waals surface area (Å²) < 4.78 is 0. The van der Waals surface area contributed by atoms with E-state index in [1.54, 1.807) is 0 Å². The predicted molar refractivity (Wildman–Crippen MR) is 63.9 cm³/mol. The van der Waals surface area contributed by atoms with Gasteiger partial charge in [-0.15, -0.1) is 0 Å². The maximum atomic E-state index is 11.8. The van der Waals surface area contributed by atoms with E-state index in [0.29, 0.717) is 19.5 Å². The molecule has 0 bridgehead atoms. The van der Waals surface area contributed by atoms with E-state index in [9.17, 15) is 9.59 Å². The van der Waals surface area contributed by atoms with Crippen molar-refractivity contribution < 1.29 is 14.7 Å². The van der Waals surface area contributed by atoms with E-state index in [0.717, 1.165) is 25.8 Å². The van der Waals surface area contributed by atoms with Gasteiger partial charge in [-0.05, 0) is 39.3 Å². The van der Waals surface area contributed by atoms with Gasteiger partial charge >= 0.3 is 12.0 Å². The van der Waals surface area contributed by atoms with Crippen LogP contribution < -0.4 is 10.6 Å². The van der Waals surface area contributed by atoms with Gasteiger partial charge in [0, 0.05) is 13.1 Å². The van der Waals surface area contributed by atoms with Crippen LogP contribution in [-0.2, 0) is 4.79 Å². The Kier molecular flexibility index (Phi) is 5.76. The van der Waals surface area contributed by atoms with Gasteiger partial charge in [0.1, 0.15) is 6.04 Å². The Labute approximate surface area is 101 Å². The molecule has 17 heavy (non-hydrogen) atoms. The standard InChI is InChI=1S/C11H21N3O3/c1-12-6-4-7-13-11(17)14-8-3-2-5-9(14)10(15)16/h9,12H,2-8H2,1H3,(H,13,17)(H,15,16). The van der Waals surface area contributed by atoms with Gasteiger partial charge in [0.15, 0.2) is 0 Å². The summed E-state index contributed by atoms with van der Waals surface area (Å²) in [4.78, 5) is 24.3. The average molecular weight is 243 g/mol. The number of rotatable bonds is 5. The van der Waals surface area contributed by atoms with Crippen molar-refractivity contribution in [1.29, 1.82) is 0 Å². The molecule has 1 heterocycles. The molecule has 0 aliphatic carbocycles. The monoisotopic (exact) mass is 243 g/mol. The van der Waals surface area contributed by atoms with Crippen LogP contribution in [0.15, 0.2) is 0 Å². The summed E-state index contributed by atoms with van der Waals surface area (Å²) in [5, 5.41) is 14.8. The number of nitrogens with one attached hydrogen (secondary N) is 2. The largest absolute Gasteiger partial charge is 0.480 e. The van der Waals surface area contributed by atoms with E-state index in [1.165, 1.54) is 4.90 Å². The molecule has 6 nitrogen and oxygen atoms in total. The van der Waals surface area contributed by atoms with Gasteiger partial charge in [-0.25, -0.2) is 9.59 Å². The van der Waals surface area contributed by atoms with E-state index < -0.39 is 12.0 Å². The summed E-state index contributed by atoms with van der Waals surface area (Å²) in [6.07, 6.45) is 3.15. The van der Waals surface area contributed by atoms with Crippen molar-refractivity contribution in [1.82, 2.24) is 15.5 Å². The Morgan fingerprint density at radius 2 is 2.12 bits per heavy atom. The van der Waals surface area contributed by atoms with Crippen molar-refractivity contribution >= 4 is 12.0 Å². The molecule has 6 heteroatoms. The van der Waals surface area contributed by atoms with Gasteiger partial charge in [-0.1, -0.05) is 0 Å². The summed E-state index contributed by atoms with van der Waals surface area (Å²) >= 11 is 0. The Hall–Kier alpha value is -1.30. The number of aliphatic carboxylic acids is 1. The fourth-order valence-electron chi connectivity index (χ4n) is 1.99. The Bertz CT molecular complexity index is 271. The number of piperidine rings is 1. The van der Waals surface area contributed by atoms with Crippen LogP contribution in [-0.4, -0.2) is 54.7 Å². The molecule has 0 aromatic rings. The van der Waals surface area contributed by atoms with E-state index in [4.69, 9.17) is 5.11 Å². The number of carbonyl (C=O) groups excluding carboxylic acids is 1. The molecule has 1 atom stereocenters. The summed E-state index contributed by atoms with van der Waals surface area (Å²) in [5.74, 6) is -0.907. The van der Waals surface area contributed by atoms with Gasteiger partial charge in [-0.3, -0.25) is 0 Å². The van der Waals surface area contributed by atoms with E-state index >= 15 is 0 Å². The minimum Gasteiger partial charge on any atom is -0.480 e. The Balaban J connectivity index is 2.39. The maximum Gasteiger partial charge on any atom is 0.326 e. The zero-order valence-corrected chi connectivity index (χ0v) is 10.2. The van der Waals surface area contributed by atoms with Crippen LogP contribution in [0.2, 0.25) is 0 Å². The van der Waals surface area contributed by atoms with E-state index in [2.05, 4.69) is 10.6 Å². The smallest absolute Gasteiger partial charge is 0.326 e. The first-order valence-electron chi connectivity index (χ1n) is 6.08. The first kappa shape index (κ1) is 13.8. The summed E-state index contributed by atoms with van der Waals surface area (Å²) in [7, 11) is 1.85. The second-order valence-corrected chi connectivity index (χ2v) is 4.23. The Morgan fingerprint density at radius 1 is 1.35 bits per heavy atom. The van der Waals surface area contributed by atoms with Crippen LogP contribution in [0.1, 0.15) is 25.7 Å². The number of carboxylic acid groups (broad SMARTS) is 1. The van der Waals surface area contributed by atoms with Gasteiger partial charge in [0.25, 0.3) is 0 Å². The molecule has 0 aromatic heterocycles. The molecule has 0 saturated carbocycles. The normalized spacial score (nSPS) is 20.1. The number of hydrogen-bond acceptors (Lipinski definition) is 3. The molecule has 1 rings (SSSR count). The molecular formula is C11H21N3O3. The lowest BCUT2D eigenvalue weighted by atomic mass is 10.0. The third kappa shape index (κ3) is 4.22. The van der Waals surface area contributed by atoms with Gasteiger partial charge in [-0.2, -0.15) is 0 Å². The Morgan fingerprint density at radius 3 is 2.76 bits per heavy atom. The molecule has 1 saturated heterocycles. The minimum absolute atomic E-state index is 0.256. The molecule has 98 valence electrons. The van der Waals surface area contributed by atoms with Gasteiger partial charge < -0.3 is 20.6 Å². The molecule has 1 unspecified atom stereocenters.